The Bertz CT molecular complexity index is 883. The molecule has 2 N–H and O–H groups in total. The molecule has 2 atom stereocenters. The number of anilines is 1. The van der Waals surface area contributed by atoms with Gasteiger partial charge in [0.25, 0.3) is 0 Å². The van der Waals surface area contributed by atoms with Crippen molar-refractivity contribution in [2.45, 2.75) is 25.2 Å². The highest BCUT2D eigenvalue weighted by Crippen LogP contribution is 2.26. The molecule has 138 valence electrons. The summed E-state index contributed by atoms with van der Waals surface area (Å²) in [6.45, 7) is 1.63. The van der Waals surface area contributed by atoms with Crippen molar-refractivity contribution in [2.24, 2.45) is 5.73 Å². The molecule has 1 aliphatic heterocycles. The number of nitrogens with zero attached hydrogens (tertiary/aromatic N) is 4. The minimum Gasteiger partial charge on any atom is -0.340 e. The van der Waals surface area contributed by atoms with Crippen molar-refractivity contribution >= 4 is 41.0 Å². The van der Waals surface area contributed by atoms with Gasteiger partial charge in [-0.05, 0) is 30.7 Å². The van der Waals surface area contributed by atoms with E-state index in [1.165, 1.54) is 0 Å². The maximum Gasteiger partial charge on any atom is 0.206 e. The molecule has 1 aromatic carbocycles. The van der Waals surface area contributed by atoms with Gasteiger partial charge in [-0.1, -0.05) is 23.7 Å². The molecule has 1 saturated heterocycles. The molecule has 3 heterocycles. The minimum absolute atomic E-state index is 0. The predicted molar refractivity (Wildman–Crippen MR) is 105 cm³/mol. The van der Waals surface area contributed by atoms with Gasteiger partial charge in [0, 0.05) is 19.3 Å². The number of hydrogen-bond donors (Lipinski definition) is 1. The number of aromatic nitrogens is 3. The van der Waals surface area contributed by atoms with Crippen LogP contribution in [-0.4, -0.2) is 39.8 Å². The van der Waals surface area contributed by atoms with E-state index in [4.69, 9.17) is 22.3 Å². The maximum atomic E-state index is 13.8. The number of nitrogens with two attached hydrogens (primary N) is 1. The average molecular weight is 396 g/mol. The Kier molecular flexibility index (Phi) is 5.65. The van der Waals surface area contributed by atoms with Crippen LogP contribution in [0.3, 0.4) is 0 Å². The maximum absolute atomic E-state index is 13.8. The van der Waals surface area contributed by atoms with Gasteiger partial charge >= 0.3 is 0 Å². The number of pyridine rings is 1. The van der Waals surface area contributed by atoms with E-state index in [1.807, 2.05) is 36.4 Å². The first-order valence-electron chi connectivity index (χ1n) is 8.32. The van der Waals surface area contributed by atoms with E-state index in [-0.39, 0.29) is 12.4 Å². The third-order valence-electron chi connectivity index (χ3n) is 4.60. The fourth-order valence-corrected chi connectivity index (χ4v) is 3.37. The summed E-state index contributed by atoms with van der Waals surface area (Å²) in [5.74, 6) is 0.806. The van der Waals surface area contributed by atoms with Gasteiger partial charge in [0.1, 0.15) is 6.17 Å². The van der Waals surface area contributed by atoms with Crippen LogP contribution in [0.1, 0.15) is 12.1 Å². The zero-order valence-corrected chi connectivity index (χ0v) is 15.6. The number of rotatable bonds is 3. The molecule has 1 fully saturated rings. The molecule has 0 bridgehead atoms. The van der Waals surface area contributed by atoms with Crippen LogP contribution >= 0.6 is 24.0 Å². The fraction of sp³-hybridized carbons (Fsp3) is 0.333. The van der Waals surface area contributed by atoms with Gasteiger partial charge < -0.3 is 15.2 Å². The lowest BCUT2D eigenvalue weighted by atomic mass is 10.1. The Morgan fingerprint density at radius 2 is 2.04 bits per heavy atom. The Balaban J connectivity index is 0.00000196. The van der Waals surface area contributed by atoms with Gasteiger partial charge in [-0.15, -0.1) is 12.4 Å². The summed E-state index contributed by atoms with van der Waals surface area (Å²) >= 11 is 5.93. The minimum atomic E-state index is -0.952. The Hall–Kier alpha value is -1.89. The predicted octanol–water partition coefficient (Wildman–Crippen LogP) is 3.43. The summed E-state index contributed by atoms with van der Waals surface area (Å²) in [5.41, 5.74) is 8.75. The fourth-order valence-electron chi connectivity index (χ4n) is 3.26. The topological polar surface area (TPSA) is 60.0 Å². The van der Waals surface area contributed by atoms with E-state index >= 15 is 0 Å². The number of para-hydroxylation sites is 2. The summed E-state index contributed by atoms with van der Waals surface area (Å²) in [4.78, 5) is 11.2. The van der Waals surface area contributed by atoms with Crippen molar-refractivity contribution in [3.63, 3.8) is 0 Å². The molecule has 0 spiro atoms. The van der Waals surface area contributed by atoms with Crippen molar-refractivity contribution in [1.82, 2.24) is 14.5 Å². The third kappa shape index (κ3) is 3.63. The molecule has 1 aliphatic rings. The highest BCUT2D eigenvalue weighted by molar-refractivity contribution is 6.30. The van der Waals surface area contributed by atoms with E-state index in [0.29, 0.717) is 31.1 Å². The highest BCUT2D eigenvalue weighted by atomic mass is 35.5. The number of piperidine rings is 1. The van der Waals surface area contributed by atoms with Crippen LogP contribution in [0, 0.1) is 0 Å². The second-order valence-corrected chi connectivity index (χ2v) is 6.81. The summed E-state index contributed by atoms with van der Waals surface area (Å²) in [5, 5.41) is 0.607. The van der Waals surface area contributed by atoms with Crippen molar-refractivity contribution in [3.8, 4) is 0 Å². The van der Waals surface area contributed by atoms with Crippen LogP contribution in [-0.2, 0) is 6.54 Å². The summed E-state index contributed by atoms with van der Waals surface area (Å²) in [6, 6.07) is 11.2. The quantitative estimate of drug-likeness (QED) is 0.737. The second-order valence-electron chi connectivity index (χ2n) is 6.37. The van der Waals surface area contributed by atoms with Crippen LogP contribution in [0.2, 0.25) is 5.02 Å². The van der Waals surface area contributed by atoms with E-state index in [2.05, 4.69) is 14.5 Å². The average Bonchev–Trinajstić information content (AvgIpc) is 2.98. The molecule has 5 nitrogen and oxygen atoms in total. The summed E-state index contributed by atoms with van der Waals surface area (Å²) < 4.78 is 15.9. The molecule has 8 heteroatoms. The largest absolute Gasteiger partial charge is 0.340 e. The monoisotopic (exact) mass is 395 g/mol. The molecular weight excluding hydrogens is 376 g/mol. The summed E-state index contributed by atoms with van der Waals surface area (Å²) in [7, 11) is 0. The van der Waals surface area contributed by atoms with E-state index in [9.17, 15) is 4.39 Å². The van der Waals surface area contributed by atoms with Crippen molar-refractivity contribution < 1.29 is 4.39 Å². The molecule has 4 rings (SSSR count). The van der Waals surface area contributed by atoms with Crippen molar-refractivity contribution in [1.29, 1.82) is 0 Å². The standard InChI is InChI=1S/C18H19ClFN5.ClH/c19-12-5-6-13(22-9-12)10-25-17-4-2-1-3-16(17)23-18(25)24-8-7-14(20)15(21)11-24;/h1-6,9,14-15H,7-8,10-11,21H2;1H. The lowest BCUT2D eigenvalue weighted by Crippen LogP contribution is -2.50. The van der Waals surface area contributed by atoms with Crippen LogP contribution in [0.5, 0.6) is 0 Å². The summed E-state index contributed by atoms with van der Waals surface area (Å²) in [6.07, 6.45) is 1.11. The van der Waals surface area contributed by atoms with Crippen molar-refractivity contribution in [3.05, 3.63) is 53.3 Å². The van der Waals surface area contributed by atoms with Crippen molar-refractivity contribution in [2.75, 3.05) is 18.0 Å². The molecule has 0 aliphatic carbocycles. The molecule has 2 unspecified atom stereocenters. The third-order valence-corrected chi connectivity index (χ3v) is 4.82. The molecule has 0 radical (unpaired) electrons. The molecular formula is C18H20Cl2FN5. The first kappa shape index (κ1) is 18.9. The molecule has 0 saturated carbocycles. The van der Waals surface area contributed by atoms with Crippen LogP contribution in [0.4, 0.5) is 10.3 Å². The van der Waals surface area contributed by atoms with Gasteiger partial charge in [0.2, 0.25) is 5.95 Å². The number of benzene rings is 1. The molecule has 3 aromatic rings. The van der Waals surface area contributed by atoms with Gasteiger partial charge in [0.05, 0.1) is 34.3 Å². The zero-order valence-electron chi connectivity index (χ0n) is 14.1. The van der Waals surface area contributed by atoms with Crippen LogP contribution in [0.15, 0.2) is 42.6 Å². The zero-order chi connectivity index (χ0) is 17.4. The van der Waals surface area contributed by atoms with Gasteiger partial charge in [-0.25, -0.2) is 9.37 Å². The van der Waals surface area contributed by atoms with E-state index < -0.39 is 12.2 Å². The first-order valence-corrected chi connectivity index (χ1v) is 8.70. The Morgan fingerprint density at radius 1 is 1.23 bits per heavy atom. The lowest BCUT2D eigenvalue weighted by Gasteiger charge is -2.34. The van der Waals surface area contributed by atoms with E-state index in [0.717, 1.165) is 22.7 Å². The van der Waals surface area contributed by atoms with Gasteiger partial charge in [0.15, 0.2) is 0 Å². The molecule has 0 amide bonds. The number of imidazole rings is 1. The molecule has 26 heavy (non-hydrogen) atoms. The van der Waals surface area contributed by atoms with Crippen LogP contribution in [0.25, 0.3) is 11.0 Å². The number of halogens is 3. The number of fused-ring (bicyclic) bond motifs is 1. The Labute approximate surface area is 162 Å². The van der Waals surface area contributed by atoms with Gasteiger partial charge in [-0.3, -0.25) is 4.98 Å². The van der Waals surface area contributed by atoms with E-state index in [1.54, 1.807) is 6.20 Å². The Morgan fingerprint density at radius 3 is 2.77 bits per heavy atom. The smallest absolute Gasteiger partial charge is 0.206 e. The van der Waals surface area contributed by atoms with Crippen LogP contribution < -0.4 is 10.6 Å². The lowest BCUT2D eigenvalue weighted by molar-refractivity contribution is 0.243. The number of hydrogen-bond acceptors (Lipinski definition) is 4. The number of alkyl halides is 1. The second kappa shape index (κ2) is 7.78. The SMILES string of the molecule is Cl.NC1CN(c2nc3ccccc3n2Cc2ccc(Cl)cn2)CCC1F. The highest BCUT2D eigenvalue weighted by Gasteiger charge is 2.29. The van der Waals surface area contributed by atoms with Gasteiger partial charge in [-0.2, -0.15) is 0 Å². The normalized spacial score (nSPS) is 20.2. The first-order chi connectivity index (χ1) is 12.1. The molecule has 2 aromatic heterocycles.